The van der Waals surface area contributed by atoms with Crippen molar-refractivity contribution in [2.45, 2.75) is 84.3 Å². The quantitative estimate of drug-likeness (QED) is 0.693. The molecule has 4 aliphatic carbocycles. The van der Waals surface area contributed by atoms with Gasteiger partial charge >= 0.3 is 11.9 Å². The van der Waals surface area contributed by atoms with Crippen molar-refractivity contribution >= 4 is 11.9 Å². The summed E-state index contributed by atoms with van der Waals surface area (Å²) in [6.07, 6.45) is 10.1. The molecule has 0 heterocycles. The second kappa shape index (κ2) is 7.22. The highest BCUT2D eigenvalue weighted by atomic mass is 16.5. The van der Waals surface area contributed by atoms with Gasteiger partial charge in [0, 0.05) is 18.8 Å². The number of esters is 2. The zero-order valence-electron chi connectivity index (χ0n) is 19.0. The second-order valence-electron chi connectivity index (χ2n) is 10.6. The maximum atomic E-state index is 12.3. The molecule has 4 aliphatic rings. The fourth-order valence-corrected chi connectivity index (χ4v) is 7.36. The average Bonchev–Trinajstić information content (AvgIpc) is 3.04. The maximum Gasteiger partial charge on any atom is 0.308 e. The van der Waals surface area contributed by atoms with E-state index in [2.05, 4.69) is 26.0 Å². The van der Waals surface area contributed by atoms with E-state index in [4.69, 9.17) is 9.47 Å². The number of ether oxygens (including phenoxy) is 2. The van der Waals surface area contributed by atoms with Crippen LogP contribution in [0, 0.1) is 28.6 Å². The highest BCUT2D eigenvalue weighted by molar-refractivity contribution is 5.72. The number of fused-ring (bicyclic) bond motifs is 5. The predicted octanol–water partition coefficient (Wildman–Crippen LogP) is 4.34. The van der Waals surface area contributed by atoms with Crippen LogP contribution in [0.2, 0.25) is 0 Å². The van der Waals surface area contributed by atoms with Gasteiger partial charge in [-0.25, -0.2) is 0 Å². The Morgan fingerprint density at radius 2 is 1.90 bits per heavy atom. The molecular weight excluding hydrogens is 380 g/mol. The van der Waals surface area contributed by atoms with Gasteiger partial charge in [0.15, 0.2) is 0 Å². The molecule has 0 aromatic heterocycles. The highest BCUT2D eigenvalue weighted by Gasteiger charge is 2.60. The van der Waals surface area contributed by atoms with Gasteiger partial charge in [0.05, 0.1) is 18.6 Å². The molecule has 2 fully saturated rings. The Bertz CT molecular complexity index is 812. The summed E-state index contributed by atoms with van der Waals surface area (Å²) in [4.78, 5) is 23.7. The molecule has 2 saturated carbocycles. The molecule has 0 unspecified atom stereocenters. The van der Waals surface area contributed by atoms with Crippen LogP contribution in [0.25, 0.3) is 0 Å². The lowest BCUT2D eigenvalue weighted by molar-refractivity contribution is -0.163. The van der Waals surface area contributed by atoms with Crippen LogP contribution in [-0.4, -0.2) is 35.9 Å². The maximum absolute atomic E-state index is 12.3. The summed E-state index contributed by atoms with van der Waals surface area (Å²) in [5, 5.41) is 11.7. The predicted molar refractivity (Wildman–Crippen MR) is 113 cm³/mol. The van der Waals surface area contributed by atoms with E-state index in [1.807, 2.05) is 6.92 Å². The van der Waals surface area contributed by atoms with E-state index in [0.29, 0.717) is 24.7 Å². The highest BCUT2D eigenvalue weighted by Crippen LogP contribution is 2.65. The Balaban J connectivity index is 1.64. The molecule has 1 N–H and O–H groups in total. The van der Waals surface area contributed by atoms with Gasteiger partial charge in [-0.3, -0.25) is 9.59 Å². The van der Waals surface area contributed by atoms with Gasteiger partial charge in [0.2, 0.25) is 0 Å². The van der Waals surface area contributed by atoms with Crippen molar-refractivity contribution < 1.29 is 24.2 Å². The van der Waals surface area contributed by atoms with Gasteiger partial charge in [-0.05, 0) is 66.9 Å². The Morgan fingerprint density at radius 1 is 1.17 bits per heavy atom. The number of methoxy groups -OCH3 is 1. The zero-order valence-corrected chi connectivity index (χ0v) is 19.0. The van der Waals surface area contributed by atoms with Crippen molar-refractivity contribution in [3.63, 3.8) is 0 Å². The molecule has 5 heteroatoms. The minimum absolute atomic E-state index is 0.0453. The molecule has 5 nitrogen and oxygen atoms in total. The minimum atomic E-state index is -0.883. The van der Waals surface area contributed by atoms with Crippen molar-refractivity contribution in [2.75, 3.05) is 7.11 Å². The van der Waals surface area contributed by atoms with Crippen LogP contribution in [0.5, 0.6) is 0 Å². The zero-order chi connectivity index (χ0) is 21.9. The van der Waals surface area contributed by atoms with Crippen molar-refractivity contribution in [3.05, 3.63) is 23.3 Å². The van der Waals surface area contributed by atoms with Gasteiger partial charge in [0.25, 0.3) is 0 Å². The first-order valence-electron chi connectivity index (χ1n) is 11.4. The Kier molecular flexibility index (Phi) is 5.20. The third-order valence-electron chi connectivity index (χ3n) is 9.16. The molecule has 0 aromatic carbocycles. The van der Waals surface area contributed by atoms with E-state index in [1.165, 1.54) is 25.2 Å². The van der Waals surface area contributed by atoms with E-state index in [-0.39, 0.29) is 34.8 Å². The minimum Gasteiger partial charge on any atom is -0.469 e. The van der Waals surface area contributed by atoms with Gasteiger partial charge in [-0.15, -0.1) is 0 Å². The lowest BCUT2D eigenvalue weighted by Crippen LogP contribution is -2.56. The van der Waals surface area contributed by atoms with Crippen LogP contribution in [0.15, 0.2) is 23.3 Å². The molecular formula is C25H36O5. The van der Waals surface area contributed by atoms with E-state index in [1.54, 1.807) is 0 Å². The summed E-state index contributed by atoms with van der Waals surface area (Å²) in [6, 6.07) is 0. The van der Waals surface area contributed by atoms with Crippen molar-refractivity contribution in [1.82, 2.24) is 0 Å². The molecule has 4 rings (SSSR count). The standard InChI is InChI=1S/C25H36O5/c1-15(22(27)29-5)19-6-7-20-18-9-13-25(28)14-17(30-16(2)26)8-12-24(25,4)21(18)10-11-23(19,20)3/h9-10,15,17,19-20,28H,6-8,11-14H2,1-5H3/t15-,17+,19-,20+,23-,24-,25+/m0/s1. The largest absolute Gasteiger partial charge is 0.469 e. The summed E-state index contributed by atoms with van der Waals surface area (Å²) in [6.45, 7) is 7.98. The van der Waals surface area contributed by atoms with Crippen molar-refractivity contribution in [2.24, 2.45) is 28.6 Å². The lowest BCUT2D eigenvalue weighted by Gasteiger charge is -2.57. The summed E-state index contributed by atoms with van der Waals surface area (Å²) >= 11 is 0. The number of aliphatic hydroxyl groups is 1. The van der Waals surface area contributed by atoms with Gasteiger partial charge in [-0.1, -0.05) is 32.9 Å². The lowest BCUT2D eigenvalue weighted by atomic mass is 9.50. The summed E-state index contributed by atoms with van der Waals surface area (Å²) in [5.41, 5.74) is 1.53. The molecule has 0 aromatic rings. The van der Waals surface area contributed by atoms with E-state index >= 15 is 0 Å². The van der Waals surface area contributed by atoms with Crippen LogP contribution in [0.4, 0.5) is 0 Å². The SMILES string of the molecule is COC(=O)[C@@H](C)[C@@H]1CC[C@@H]2C3=CC[C@@]4(O)C[C@H](OC(C)=O)CC[C@@]4(C)C3=CC[C@]21C. The molecule has 0 aliphatic heterocycles. The molecule has 0 bridgehead atoms. The molecule has 30 heavy (non-hydrogen) atoms. The molecule has 0 radical (unpaired) electrons. The monoisotopic (exact) mass is 416 g/mol. The van der Waals surface area contributed by atoms with Crippen LogP contribution in [-0.2, 0) is 19.1 Å². The first-order valence-corrected chi connectivity index (χ1v) is 11.4. The van der Waals surface area contributed by atoms with E-state index < -0.39 is 5.60 Å². The average molecular weight is 417 g/mol. The fourth-order valence-electron chi connectivity index (χ4n) is 7.36. The third kappa shape index (κ3) is 2.99. The van der Waals surface area contributed by atoms with Gasteiger partial charge < -0.3 is 14.6 Å². The number of carbonyl (C=O) groups is 2. The first kappa shape index (κ1) is 21.6. The van der Waals surface area contributed by atoms with E-state index in [9.17, 15) is 14.7 Å². The molecule has 0 amide bonds. The van der Waals surface area contributed by atoms with Crippen LogP contribution >= 0.6 is 0 Å². The molecule has 0 saturated heterocycles. The summed E-state index contributed by atoms with van der Waals surface area (Å²) < 4.78 is 10.5. The Morgan fingerprint density at radius 3 is 2.57 bits per heavy atom. The second-order valence-corrected chi connectivity index (χ2v) is 10.6. The number of rotatable bonds is 3. The fraction of sp³-hybridized carbons (Fsp3) is 0.760. The van der Waals surface area contributed by atoms with Gasteiger partial charge in [-0.2, -0.15) is 0 Å². The van der Waals surface area contributed by atoms with Crippen molar-refractivity contribution in [3.8, 4) is 0 Å². The normalized spacial score (nSPS) is 43.3. The van der Waals surface area contributed by atoms with Crippen molar-refractivity contribution in [1.29, 1.82) is 0 Å². The summed E-state index contributed by atoms with van der Waals surface area (Å²) in [7, 11) is 1.48. The first-order chi connectivity index (χ1) is 14.1. The Labute approximate surface area is 179 Å². The van der Waals surface area contributed by atoms with Crippen LogP contribution in [0.3, 0.4) is 0 Å². The van der Waals surface area contributed by atoms with E-state index in [0.717, 1.165) is 32.1 Å². The van der Waals surface area contributed by atoms with Gasteiger partial charge in [0.1, 0.15) is 6.10 Å². The third-order valence-corrected chi connectivity index (χ3v) is 9.16. The van der Waals surface area contributed by atoms with Crippen LogP contribution < -0.4 is 0 Å². The number of hydrogen-bond donors (Lipinski definition) is 1. The van der Waals surface area contributed by atoms with Crippen LogP contribution in [0.1, 0.15) is 72.6 Å². The topological polar surface area (TPSA) is 72.8 Å². The molecule has 0 spiro atoms. The smallest absolute Gasteiger partial charge is 0.308 e. The Hall–Kier alpha value is -1.62. The number of hydrogen-bond acceptors (Lipinski definition) is 5. The molecule has 166 valence electrons. The summed E-state index contributed by atoms with van der Waals surface area (Å²) in [5.74, 6) is 0.239. The number of carbonyl (C=O) groups excluding carboxylic acids is 2. The number of allylic oxidation sites excluding steroid dienone is 2. The molecule has 7 atom stereocenters.